The zero-order valence-corrected chi connectivity index (χ0v) is 8.40. The topological polar surface area (TPSA) is 38.9 Å². The summed E-state index contributed by atoms with van der Waals surface area (Å²) in [6, 6.07) is 9.60. The molecule has 0 bridgehead atoms. The molecule has 1 atom stereocenters. The molecule has 0 N–H and O–H groups in total. The van der Waals surface area contributed by atoms with Crippen LogP contribution in [0.4, 0.5) is 0 Å². The van der Waals surface area contributed by atoms with E-state index in [4.69, 9.17) is 16.0 Å². The molecular formula is C10H9ClN2O. The predicted octanol–water partition coefficient (Wildman–Crippen LogP) is 3.04. The molecule has 1 aromatic heterocycles. The van der Waals surface area contributed by atoms with Crippen LogP contribution in [-0.4, -0.2) is 10.2 Å². The SMILES string of the molecule is C[C@H](Cl)c1nnc(-c2ccccc2)o1. The molecule has 0 spiro atoms. The van der Waals surface area contributed by atoms with E-state index in [0.29, 0.717) is 11.8 Å². The van der Waals surface area contributed by atoms with E-state index in [-0.39, 0.29) is 5.38 Å². The van der Waals surface area contributed by atoms with Gasteiger partial charge in [0.25, 0.3) is 0 Å². The molecule has 0 aliphatic rings. The van der Waals surface area contributed by atoms with Crippen molar-refractivity contribution in [1.29, 1.82) is 0 Å². The lowest BCUT2D eigenvalue weighted by Gasteiger charge is -1.93. The molecule has 72 valence electrons. The third kappa shape index (κ3) is 1.77. The fourth-order valence-electron chi connectivity index (χ4n) is 1.09. The Bertz CT molecular complexity index is 411. The van der Waals surface area contributed by atoms with Crippen molar-refractivity contribution in [3.63, 3.8) is 0 Å². The average molecular weight is 209 g/mol. The summed E-state index contributed by atoms with van der Waals surface area (Å²) in [5.41, 5.74) is 0.906. The molecule has 0 saturated heterocycles. The fourth-order valence-corrected chi connectivity index (χ4v) is 1.18. The minimum Gasteiger partial charge on any atom is -0.419 e. The van der Waals surface area contributed by atoms with Gasteiger partial charge in [0.05, 0.1) is 0 Å². The first-order valence-corrected chi connectivity index (χ1v) is 4.74. The van der Waals surface area contributed by atoms with Gasteiger partial charge in [-0.15, -0.1) is 21.8 Å². The summed E-state index contributed by atoms with van der Waals surface area (Å²) in [5.74, 6) is 0.957. The van der Waals surface area contributed by atoms with Crippen molar-refractivity contribution < 1.29 is 4.42 Å². The van der Waals surface area contributed by atoms with Crippen LogP contribution in [0.1, 0.15) is 18.2 Å². The second-order valence-corrected chi connectivity index (χ2v) is 3.58. The molecule has 0 aliphatic carbocycles. The third-order valence-electron chi connectivity index (χ3n) is 1.80. The minimum atomic E-state index is -0.250. The Balaban J connectivity index is 2.34. The van der Waals surface area contributed by atoms with Gasteiger partial charge in [0.1, 0.15) is 5.38 Å². The van der Waals surface area contributed by atoms with Crippen molar-refractivity contribution in [2.45, 2.75) is 12.3 Å². The summed E-state index contributed by atoms with van der Waals surface area (Å²) in [7, 11) is 0. The molecule has 14 heavy (non-hydrogen) atoms. The van der Waals surface area contributed by atoms with Crippen LogP contribution in [0.2, 0.25) is 0 Å². The zero-order chi connectivity index (χ0) is 9.97. The molecule has 0 saturated carbocycles. The van der Waals surface area contributed by atoms with Crippen LogP contribution in [0.3, 0.4) is 0 Å². The molecule has 0 aliphatic heterocycles. The number of halogens is 1. The Kier molecular flexibility index (Phi) is 2.50. The van der Waals surface area contributed by atoms with E-state index in [0.717, 1.165) is 5.56 Å². The molecule has 2 rings (SSSR count). The van der Waals surface area contributed by atoms with Crippen molar-refractivity contribution in [3.05, 3.63) is 36.2 Å². The van der Waals surface area contributed by atoms with Crippen molar-refractivity contribution in [2.75, 3.05) is 0 Å². The highest BCUT2D eigenvalue weighted by molar-refractivity contribution is 6.20. The fraction of sp³-hybridized carbons (Fsp3) is 0.200. The largest absolute Gasteiger partial charge is 0.419 e. The van der Waals surface area contributed by atoms with Crippen molar-refractivity contribution in [3.8, 4) is 11.5 Å². The van der Waals surface area contributed by atoms with E-state index in [1.807, 2.05) is 30.3 Å². The minimum absolute atomic E-state index is 0.250. The normalized spacial score (nSPS) is 12.7. The number of hydrogen-bond donors (Lipinski definition) is 0. The molecule has 1 heterocycles. The van der Waals surface area contributed by atoms with Gasteiger partial charge in [0.2, 0.25) is 11.8 Å². The Morgan fingerprint density at radius 3 is 2.50 bits per heavy atom. The van der Waals surface area contributed by atoms with Crippen LogP contribution in [0.5, 0.6) is 0 Å². The van der Waals surface area contributed by atoms with Gasteiger partial charge in [0.15, 0.2) is 0 Å². The smallest absolute Gasteiger partial charge is 0.247 e. The monoisotopic (exact) mass is 208 g/mol. The quantitative estimate of drug-likeness (QED) is 0.712. The van der Waals surface area contributed by atoms with E-state index >= 15 is 0 Å². The van der Waals surface area contributed by atoms with Crippen LogP contribution in [0.15, 0.2) is 34.7 Å². The molecule has 1 aromatic carbocycles. The number of hydrogen-bond acceptors (Lipinski definition) is 3. The highest BCUT2D eigenvalue weighted by Crippen LogP contribution is 2.22. The summed E-state index contributed by atoms with van der Waals surface area (Å²) in [4.78, 5) is 0. The van der Waals surface area contributed by atoms with Crippen LogP contribution >= 0.6 is 11.6 Å². The summed E-state index contributed by atoms with van der Waals surface area (Å²) in [5, 5.41) is 7.50. The van der Waals surface area contributed by atoms with Gasteiger partial charge in [-0.1, -0.05) is 18.2 Å². The van der Waals surface area contributed by atoms with Crippen LogP contribution in [-0.2, 0) is 0 Å². The maximum Gasteiger partial charge on any atom is 0.247 e. The van der Waals surface area contributed by atoms with Crippen molar-refractivity contribution in [2.24, 2.45) is 0 Å². The number of nitrogens with zero attached hydrogens (tertiary/aromatic N) is 2. The van der Waals surface area contributed by atoms with Gasteiger partial charge in [-0.25, -0.2) is 0 Å². The summed E-state index contributed by atoms with van der Waals surface area (Å²) < 4.78 is 5.38. The Morgan fingerprint density at radius 2 is 1.93 bits per heavy atom. The second-order valence-electron chi connectivity index (χ2n) is 2.93. The molecule has 2 aromatic rings. The van der Waals surface area contributed by atoms with Crippen LogP contribution in [0, 0.1) is 0 Å². The molecule has 0 radical (unpaired) electrons. The van der Waals surface area contributed by atoms with Crippen LogP contribution in [0.25, 0.3) is 11.5 Å². The molecule has 3 nitrogen and oxygen atoms in total. The number of rotatable bonds is 2. The maximum atomic E-state index is 5.81. The number of benzene rings is 1. The Hall–Kier alpha value is -1.35. The highest BCUT2D eigenvalue weighted by atomic mass is 35.5. The first-order valence-electron chi connectivity index (χ1n) is 4.30. The average Bonchev–Trinajstić information content (AvgIpc) is 2.68. The molecule has 0 unspecified atom stereocenters. The zero-order valence-electron chi connectivity index (χ0n) is 7.64. The predicted molar refractivity (Wildman–Crippen MR) is 54.0 cm³/mol. The number of alkyl halides is 1. The van der Waals surface area contributed by atoms with E-state index < -0.39 is 0 Å². The Morgan fingerprint density at radius 1 is 1.21 bits per heavy atom. The van der Waals surface area contributed by atoms with E-state index in [1.165, 1.54) is 0 Å². The standard InChI is InChI=1S/C10H9ClN2O/c1-7(11)9-12-13-10(14-9)8-5-3-2-4-6-8/h2-7H,1H3/t7-/m0/s1. The van der Waals surface area contributed by atoms with Crippen molar-refractivity contribution in [1.82, 2.24) is 10.2 Å². The van der Waals surface area contributed by atoms with Gasteiger partial charge in [0, 0.05) is 5.56 Å². The molecule has 0 fully saturated rings. The third-order valence-corrected chi connectivity index (χ3v) is 1.99. The van der Waals surface area contributed by atoms with Gasteiger partial charge >= 0.3 is 0 Å². The van der Waals surface area contributed by atoms with Gasteiger partial charge < -0.3 is 4.42 Å². The van der Waals surface area contributed by atoms with E-state index in [1.54, 1.807) is 6.92 Å². The van der Waals surface area contributed by atoms with Crippen LogP contribution < -0.4 is 0 Å². The summed E-state index contributed by atoms with van der Waals surface area (Å²) in [6.45, 7) is 1.80. The van der Waals surface area contributed by atoms with E-state index in [9.17, 15) is 0 Å². The lowest BCUT2D eigenvalue weighted by atomic mass is 10.2. The lowest BCUT2D eigenvalue weighted by molar-refractivity contribution is 0.507. The van der Waals surface area contributed by atoms with E-state index in [2.05, 4.69) is 10.2 Å². The maximum absolute atomic E-state index is 5.81. The summed E-state index contributed by atoms with van der Waals surface area (Å²) >= 11 is 5.81. The highest BCUT2D eigenvalue weighted by Gasteiger charge is 2.11. The summed E-state index contributed by atoms with van der Waals surface area (Å²) in [6.07, 6.45) is 0. The van der Waals surface area contributed by atoms with Gasteiger partial charge in [-0.05, 0) is 19.1 Å². The van der Waals surface area contributed by atoms with Gasteiger partial charge in [-0.3, -0.25) is 0 Å². The van der Waals surface area contributed by atoms with Gasteiger partial charge in [-0.2, -0.15) is 0 Å². The molecular weight excluding hydrogens is 200 g/mol. The first kappa shape index (κ1) is 9.21. The first-order chi connectivity index (χ1) is 6.77. The number of aromatic nitrogens is 2. The molecule has 4 heteroatoms. The lowest BCUT2D eigenvalue weighted by Crippen LogP contribution is -1.81. The second kappa shape index (κ2) is 3.80. The van der Waals surface area contributed by atoms with Crippen molar-refractivity contribution >= 4 is 11.6 Å². The molecule has 0 amide bonds. The Labute approximate surface area is 86.7 Å².